The summed E-state index contributed by atoms with van der Waals surface area (Å²) in [7, 11) is 0. The Morgan fingerprint density at radius 2 is 2.10 bits per heavy atom. The number of halogens is 2. The van der Waals surface area contributed by atoms with Gasteiger partial charge in [0.05, 0.1) is 4.47 Å². The summed E-state index contributed by atoms with van der Waals surface area (Å²) in [5.74, 6) is -0.652. The van der Waals surface area contributed by atoms with E-state index in [9.17, 15) is 9.18 Å². The van der Waals surface area contributed by atoms with Gasteiger partial charge in [-0.2, -0.15) is 0 Å². The summed E-state index contributed by atoms with van der Waals surface area (Å²) in [6.45, 7) is 2.29. The van der Waals surface area contributed by atoms with Crippen molar-refractivity contribution in [3.8, 4) is 0 Å². The number of nitrogens with one attached hydrogen (secondary N) is 1. The van der Waals surface area contributed by atoms with E-state index >= 15 is 0 Å². The number of hydrogen-bond donors (Lipinski definition) is 2. The number of anilines is 1. The molecule has 0 unspecified atom stereocenters. The van der Waals surface area contributed by atoms with Crippen molar-refractivity contribution in [2.75, 3.05) is 5.73 Å². The van der Waals surface area contributed by atoms with Crippen molar-refractivity contribution >= 4 is 27.5 Å². The van der Waals surface area contributed by atoms with Gasteiger partial charge in [0.2, 0.25) is 0 Å². The van der Waals surface area contributed by atoms with Crippen LogP contribution in [-0.2, 0) is 6.54 Å². The van der Waals surface area contributed by atoms with Crippen LogP contribution in [0.2, 0.25) is 0 Å². The number of carbonyl (C=O) groups is 1. The molecule has 0 saturated carbocycles. The van der Waals surface area contributed by atoms with Gasteiger partial charge in [0.1, 0.15) is 5.82 Å². The third kappa shape index (κ3) is 3.17. The first kappa shape index (κ1) is 14.5. The van der Waals surface area contributed by atoms with Gasteiger partial charge in [-0.3, -0.25) is 4.79 Å². The molecule has 3 nitrogen and oxygen atoms in total. The summed E-state index contributed by atoms with van der Waals surface area (Å²) in [4.78, 5) is 12.0. The highest BCUT2D eigenvalue weighted by atomic mass is 79.9. The largest absolute Gasteiger partial charge is 0.399 e. The molecule has 0 saturated heterocycles. The summed E-state index contributed by atoms with van der Waals surface area (Å²) < 4.78 is 13.4. The summed E-state index contributed by atoms with van der Waals surface area (Å²) in [6.07, 6.45) is 0. The lowest BCUT2D eigenvalue weighted by atomic mass is 10.1. The molecule has 0 aromatic heterocycles. The van der Waals surface area contributed by atoms with Gasteiger partial charge in [0, 0.05) is 17.8 Å². The number of nitrogen functional groups attached to an aromatic ring is 1. The Labute approximate surface area is 125 Å². The van der Waals surface area contributed by atoms with E-state index in [2.05, 4.69) is 21.2 Å². The van der Waals surface area contributed by atoms with Crippen LogP contribution < -0.4 is 11.1 Å². The number of amides is 1. The van der Waals surface area contributed by atoms with Crippen molar-refractivity contribution in [3.63, 3.8) is 0 Å². The smallest absolute Gasteiger partial charge is 0.251 e. The molecule has 0 heterocycles. The molecule has 5 heteroatoms. The van der Waals surface area contributed by atoms with Gasteiger partial charge in [0.25, 0.3) is 5.91 Å². The van der Waals surface area contributed by atoms with Crippen molar-refractivity contribution in [2.45, 2.75) is 13.5 Å². The van der Waals surface area contributed by atoms with Crippen LogP contribution in [0.15, 0.2) is 40.9 Å². The fraction of sp³-hybridized carbons (Fsp3) is 0.133. The molecule has 20 heavy (non-hydrogen) atoms. The Bertz CT molecular complexity index is 658. The van der Waals surface area contributed by atoms with Gasteiger partial charge >= 0.3 is 0 Å². The molecule has 2 rings (SSSR count). The molecule has 0 fully saturated rings. The molecule has 0 aliphatic heterocycles. The van der Waals surface area contributed by atoms with Crippen LogP contribution in [0.4, 0.5) is 10.1 Å². The van der Waals surface area contributed by atoms with E-state index in [4.69, 9.17) is 5.73 Å². The first-order valence-corrected chi connectivity index (χ1v) is 6.85. The Hall–Kier alpha value is -1.88. The quantitative estimate of drug-likeness (QED) is 0.844. The van der Waals surface area contributed by atoms with Gasteiger partial charge < -0.3 is 11.1 Å². The molecular formula is C15H14BrFN2O. The lowest BCUT2D eigenvalue weighted by Crippen LogP contribution is -2.23. The van der Waals surface area contributed by atoms with E-state index in [1.165, 1.54) is 18.2 Å². The van der Waals surface area contributed by atoms with E-state index in [1.807, 2.05) is 25.1 Å². The maximum atomic E-state index is 13.1. The van der Waals surface area contributed by atoms with Gasteiger partial charge in [-0.1, -0.05) is 12.1 Å². The van der Waals surface area contributed by atoms with Gasteiger partial charge in [-0.25, -0.2) is 4.39 Å². The average Bonchev–Trinajstić information content (AvgIpc) is 2.43. The van der Waals surface area contributed by atoms with Crippen LogP contribution >= 0.6 is 15.9 Å². The van der Waals surface area contributed by atoms with Crippen LogP contribution in [0.25, 0.3) is 0 Å². The van der Waals surface area contributed by atoms with Crippen molar-refractivity contribution in [1.82, 2.24) is 5.32 Å². The van der Waals surface area contributed by atoms with E-state index < -0.39 is 5.82 Å². The topological polar surface area (TPSA) is 55.1 Å². The van der Waals surface area contributed by atoms with Crippen molar-refractivity contribution in [1.29, 1.82) is 0 Å². The molecule has 0 aliphatic carbocycles. The summed E-state index contributed by atoms with van der Waals surface area (Å²) >= 11 is 3.06. The highest BCUT2D eigenvalue weighted by Gasteiger charge is 2.09. The highest BCUT2D eigenvalue weighted by molar-refractivity contribution is 9.10. The SMILES string of the molecule is Cc1c(N)cccc1CNC(=O)c1ccc(F)c(Br)c1. The molecule has 2 aromatic carbocycles. The third-order valence-electron chi connectivity index (χ3n) is 3.11. The number of rotatable bonds is 3. The first-order valence-electron chi connectivity index (χ1n) is 6.06. The van der Waals surface area contributed by atoms with Crippen LogP contribution in [0.1, 0.15) is 21.5 Å². The summed E-state index contributed by atoms with van der Waals surface area (Å²) in [6, 6.07) is 9.73. The molecule has 1 amide bonds. The minimum absolute atomic E-state index is 0.257. The number of carbonyl (C=O) groups excluding carboxylic acids is 1. The Morgan fingerprint density at radius 3 is 2.80 bits per heavy atom. The predicted molar refractivity (Wildman–Crippen MR) is 80.9 cm³/mol. The number of nitrogens with two attached hydrogens (primary N) is 1. The minimum Gasteiger partial charge on any atom is -0.399 e. The fourth-order valence-electron chi connectivity index (χ4n) is 1.81. The Balaban J connectivity index is 2.08. The lowest BCUT2D eigenvalue weighted by molar-refractivity contribution is 0.0951. The van der Waals surface area contributed by atoms with Crippen LogP contribution in [0.5, 0.6) is 0 Å². The second kappa shape index (κ2) is 6.05. The molecule has 0 bridgehead atoms. The first-order chi connectivity index (χ1) is 9.49. The molecule has 0 aliphatic rings. The maximum absolute atomic E-state index is 13.1. The summed E-state index contributed by atoms with van der Waals surface area (Å²) in [5.41, 5.74) is 8.82. The molecule has 3 N–H and O–H groups in total. The Kier molecular flexibility index (Phi) is 4.39. The Morgan fingerprint density at radius 1 is 1.35 bits per heavy atom. The van der Waals surface area contributed by atoms with E-state index in [1.54, 1.807) is 0 Å². The molecule has 0 spiro atoms. The zero-order valence-electron chi connectivity index (χ0n) is 10.9. The minimum atomic E-state index is -0.395. The number of hydrogen-bond acceptors (Lipinski definition) is 2. The monoisotopic (exact) mass is 336 g/mol. The van der Waals surface area contributed by atoms with E-state index in [-0.39, 0.29) is 10.4 Å². The maximum Gasteiger partial charge on any atom is 0.251 e. The van der Waals surface area contributed by atoms with Crippen LogP contribution in [0.3, 0.4) is 0 Å². The predicted octanol–water partition coefficient (Wildman–Crippen LogP) is 3.41. The molecule has 2 aromatic rings. The number of benzene rings is 2. The molecule has 104 valence electrons. The van der Waals surface area contributed by atoms with Gasteiger partial charge in [-0.15, -0.1) is 0 Å². The molecular weight excluding hydrogens is 323 g/mol. The van der Waals surface area contributed by atoms with E-state index in [0.29, 0.717) is 17.8 Å². The lowest BCUT2D eigenvalue weighted by Gasteiger charge is -2.10. The van der Waals surface area contributed by atoms with Crippen molar-refractivity contribution in [2.24, 2.45) is 0 Å². The van der Waals surface area contributed by atoms with Crippen molar-refractivity contribution < 1.29 is 9.18 Å². The average molecular weight is 337 g/mol. The normalized spacial score (nSPS) is 10.3. The van der Waals surface area contributed by atoms with Crippen LogP contribution in [-0.4, -0.2) is 5.91 Å². The summed E-state index contributed by atoms with van der Waals surface area (Å²) in [5, 5.41) is 2.79. The van der Waals surface area contributed by atoms with Crippen LogP contribution in [0, 0.1) is 12.7 Å². The standard InChI is InChI=1S/C15H14BrFN2O/c1-9-11(3-2-4-14(9)18)8-19-15(20)10-5-6-13(17)12(16)7-10/h2-7H,8,18H2,1H3,(H,19,20). The second-order valence-electron chi connectivity index (χ2n) is 4.44. The second-order valence-corrected chi connectivity index (χ2v) is 5.30. The van der Waals surface area contributed by atoms with Gasteiger partial charge in [-0.05, 0) is 58.2 Å². The molecule has 0 radical (unpaired) electrons. The zero-order valence-corrected chi connectivity index (χ0v) is 12.5. The fourth-order valence-corrected chi connectivity index (χ4v) is 2.19. The van der Waals surface area contributed by atoms with Gasteiger partial charge in [0.15, 0.2) is 0 Å². The third-order valence-corrected chi connectivity index (χ3v) is 3.72. The zero-order chi connectivity index (χ0) is 14.7. The van der Waals surface area contributed by atoms with E-state index in [0.717, 1.165) is 11.1 Å². The molecule has 0 atom stereocenters. The highest BCUT2D eigenvalue weighted by Crippen LogP contribution is 2.18. The van der Waals surface area contributed by atoms with Crippen molar-refractivity contribution in [3.05, 3.63) is 63.4 Å².